The van der Waals surface area contributed by atoms with Crippen LogP contribution in [0.25, 0.3) is 106 Å². The van der Waals surface area contributed by atoms with Crippen molar-refractivity contribution in [2.24, 2.45) is 0 Å². The van der Waals surface area contributed by atoms with Gasteiger partial charge in [-0.1, -0.05) is 103 Å². The number of hydrogen-bond acceptors (Lipinski definition) is 2. The number of rotatable bonds is 3. The van der Waals surface area contributed by atoms with Crippen molar-refractivity contribution in [1.82, 2.24) is 9.13 Å². The highest BCUT2D eigenvalue weighted by atomic mass is 32.1. The first-order valence-corrected chi connectivity index (χ1v) is 19.3. The zero-order chi connectivity index (χ0) is 33.9. The summed E-state index contributed by atoms with van der Waals surface area (Å²) in [7, 11) is 0. The SMILES string of the molecule is c1ccc(-n2c3ccccc3c3cc(-c4ccc5c(c4)c4ccccc4n5-c4cccc5c4sc4c5ccc5sc6ccccc6c54)ccc32)cc1. The number of nitrogens with zero attached hydrogens (tertiary/aromatic N) is 2. The van der Waals surface area contributed by atoms with Crippen molar-refractivity contribution >= 4 is 107 Å². The topological polar surface area (TPSA) is 9.86 Å². The van der Waals surface area contributed by atoms with E-state index < -0.39 is 0 Å². The number of fused-ring (bicyclic) bond motifs is 13. The third-order valence-corrected chi connectivity index (χ3v) is 13.3. The summed E-state index contributed by atoms with van der Waals surface area (Å²) in [6, 6.07) is 62.7. The molecule has 4 heteroatoms. The first-order chi connectivity index (χ1) is 25.8. The van der Waals surface area contributed by atoms with Crippen LogP contribution in [-0.2, 0) is 0 Å². The molecule has 0 unspecified atom stereocenters. The van der Waals surface area contributed by atoms with Crippen LogP contribution in [-0.4, -0.2) is 9.13 Å². The van der Waals surface area contributed by atoms with Gasteiger partial charge in [-0.25, -0.2) is 0 Å². The molecule has 0 amide bonds. The molecule has 0 aliphatic carbocycles. The van der Waals surface area contributed by atoms with E-state index in [0.717, 1.165) is 0 Å². The van der Waals surface area contributed by atoms with Crippen LogP contribution in [0.5, 0.6) is 0 Å². The van der Waals surface area contributed by atoms with E-state index in [-0.39, 0.29) is 0 Å². The van der Waals surface area contributed by atoms with Gasteiger partial charge in [-0.3, -0.25) is 0 Å². The van der Waals surface area contributed by atoms with Gasteiger partial charge in [0.25, 0.3) is 0 Å². The van der Waals surface area contributed by atoms with E-state index in [1.54, 1.807) is 0 Å². The molecule has 12 aromatic rings. The average molecular weight is 697 g/mol. The second-order valence-corrected chi connectivity index (χ2v) is 15.8. The van der Waals surface area contributed by atoms with E-state index in [0.29, 0.717) is 0 Å². The number of aromatic nitrogens is 2. The summed E-state index contributed by atoms with van der Waals surface area (Å²) < 4.78 is 10.3. The van der Waals surface area contributed by atoms with Crippen LogP contribution in [0.15, 0.2) is 170 Å². The fourth-order valence-electron chi connectivity index (χ4n) is 8.65. The zero-order valence-electron chi connectivity index (χ0n) is 27.9. The predicted octanol–water partition coefficient (Wildman–Crippen LogP) is 14.3. The number of hydrogen-bond donors (Lipinski definition) is 0. The van der Waals surface area contributed by atoms with Crippen LogP contribution in [0.3, 0.4) is 0 Å². The number of benzene rings is 8. The van der Waals surface area contributed by atoms with E-state index in [1.807, 2.05) is 22.7 Å². The summed E-state index contributed by atoms with van der Waals surface area (Å²) in [5, 5.41) is 10.5. The van der Waals surface area contributed by atoms with Crippen molar-refractivity contribution in [3.8, 4) is 22.5 Å². The van der Waals surface area contributed by atoms with Crippen LogP contribution >= 0.6 is 22.7 Å². The highest BCUT2D eigenvalue weighted by Crippen LogP contribution is 2.47. The minimum absolute atomic E-state index is 1.18. The molecule has 4 heterocycles. The fourth-order valence-corrected chi connectivity index (χ4v) is 11.2. The molecule has 52 heavy (non-hydrogen) atoms. The Morgan fingerprint density at radius 1 is 0.327 bits per heavy atom. The van der Waals surface area contributed by atoms with E-state index in [1.165, 1.54) is 106 Å². The Hall–Kier alpha value is -6.20. The molecule has 0 fully saturated rings. The third kappa shape index (κ3) is 3.88. The van der Waals surface area contributed by atoms with Crippen molar-refractivity contribution in [3.63, 3.8) is 0 Å². The smallest absolute Gasteiger partial charge is 0.0640 e. The molecule has 12 rings (SSSR count). The van der Waals surface area contributed by atoms with Crippen molar-refractivity contribution < 1.29 is 0 Å². The number of para-hydroxylation sites is 3. The summed E-state index contributed by atoms with van der Waals surface area (Å²) in [6.45, 7) is 0. The van der Waals surface area contributed by atoms with Gasteiger partial charge < -0.3 is 9.13 Å². The van der Waals surface area contributed by atoms with Gasteiger partial charge in [0.1, 0.15) is 0 Å². The Morgan fingerprint density at radius 3 is 1.65 bits per heavy atom. The van der Waals surface area contributed by atoms with Crippen LogP contribution in [0.4, 0.5) is 0 Å². The molecule has 0 N–H and O–H groups in total. The summed E-state index contributed by atoms with van der Waals surface area (Å²) in [5.74, 6) is 0. The quantitative estimate of drug-likeness (QED) is 0.174. The lowest BCUT2D eigenvalue weighted by Crippen LogP contribution is -1.94. The van der Waals surface area contributed by atoms with Crippen LogP contribution in [0.1, 0.15) is 0 Å². The normalized spacial score (nSPS) is 12.2. The predicted molar refractivity (Wildman–Crippen MR) is 226 cm³/mol. The zero-order valence-corrected chi connectivity index (χ0v) is 29.5. The molecular weight excluding hydrogens is 669 g/mol. The van der Waals surface area contributed by atoms with Gasteiger partial charge in [0.2, 0.25) is 0 Å². The Labute approximate surface area is 306 Å². The largest absolute Gasteiger partial charge is 0.309 e. The maximum atomic E-state index is 2.49. The molecule has 2 nitrogen and oxygen atoms in total. The van der Waals surface area contributed by atoms with E-state index >= 15 is 0 Å². The van der Waals surface area contributed by atoms with Crippen molar-refractivity contribution in [2.45, 2.75) is 0 Å². The van der Waals surface area contributed by atoms with E-state index in [2.05, 4.69) is 179 Å². The van der Waals surface area contributed by atoms with Crippen LogP contribution < -0.4 is 0 Å². The van der Waals surface area contributed by atoms with Crippen molar-refractivity contribution in [2.75, 3.05) is 0 Å². The maximum absolute atomic E-state index is 2.49. The lowest BCUT2D eigenvalue weighted by atomic mass is 10.0. The maximum Gasteiger partial charge on any atom is 0.0640 e. The summed E-state index contributed by atoms with van der Waals surface area (Å²) in [6.07, 6.45) is 0. The molecule has 0 atom stereocenters. The Bertz CT molecular complexity index is 3410. The molecular formula is C48H28N2S2. The first-order valence-electron chi connectivity index (χ1n) is 17.7. The summed E-state index contributed by atoms with van der Waals surface area (Å²) in [4.78, 5) is 0. The highest BCUT2D eigenvalue weighted by Gasteiger charge is 2.20. The van der Waals surface area contributed by atoms with Crippen LogP contribution in [0, 0.1) is 0 Å². The molecule has 4 aromatic heterocycles. The molecule has 8 aromatic carbocycles. The van der Waals surface area contributed by atoms with Gasteiger partial charge in [0, 0.05) is 62.9 Å². The van der Waals surface area contributed by atoms with Crippen LogP contribution in [0.2, 0.25) is 0 Å². The van der Waals surface area contributed by atoms with Gasteiger partial charge in [0.15, 0.2) is 0 Å². The molecule has 0 bridgehead atoms. The summed E-state index contributed by atoms with van der Waals surface area (Å²) in [5.41, 5.74) is 9.76. The standard InChI is InChI=1S/C48H28N2S2/c1-2-11-31(12-3-1)49-39-17-7-4-13-32(39)37-27-29(21-24-41(37)49)30-22-25-42-38(28-30)33-14-5-8-18-40(33)50(42)43-19-10-16-34-35-23-26-45-46(48(35)52-47(34)43)36-15-6-9-20-44(36)51-45/h1-28H. The minimum atomic E-state index is 1.18. The van der Waals surface area contributed by atoms with Gasteiger partial charge in [-0.15, -0.1) is 22.7 Å². The van der Waals surface area contributed by atoms with E-state index in [9.17, 15) is 0 Å². The molecule has 0 spiro atoms. The van der Waals surface area contributed by atoms with Crippen molar-refractivity contribution in [3.05, 3.63) is 170 Å². The molecule has 0 saturated heterocycles. The molecule has 0 saturated carbocycles. The molecule has 0 radical (unpaired) electrons. The van der Waals surface area contributed by atoms with Gasteiger partial charge >= 0.3 is 0 Å². The van der Waals surface area contributed by atoms with Gasteiger partial charge in [-0.2, -0.15) is 0 Å². The van der Waals surface area contributed by atoms with Gasteiger partial charge in [-0.05, 0) is 77.9 Å². The average Bonchev–Trinajstić information content (AvgIpc) is 3.95. The monoisotopic (exact) mass is 696 g/mol. The minimum Gasteiger partial charge on any atom is -0.309 e. The highest BCUT2D eigenvalue weighted by molar-refractivity contribution is 7.30. The van der Waals surface area contributed by atoms with Crippen molar-refractivity contribution in [1.29, 1.82) is 0 Å². The van der Waals surface area contributed by atoms with Gasteiger partial charge in [0.05, 0.1) is 32.5 Å². The number of thiophene rings is 2. The molecule has 0 aliphatic rings. The second-order valence-electron chi connectivity index (χ2n) is 13.7. The lowest BCUT2D eigenvalue weighted by Gasteiger charge is -2.10. The Balaban J connectivity index is 1.08. The Morgan fingerprint density at radius 2 is 0.904 bits per heavy atom. The lowest BCUT2D eigenvalue weighted by molar-refractivity contribution is 1.18. The summed E-state index contributed by atoms with van der Waals surface area (Å²) >= 11 is 3.83. The molecule has 0 aliphatic heterocycles. The molecule has 242 valence electrons. The third-order valence-electron chi connectivity index (χ3n) is 10.9. The Kier molecular flexibility index (Phi) is 5.84. The van der Waals surface area contributed by atoms with E-state index in [4.69, 9.17) is 0 Å². The first kappa shape index (κ1) is 28.5. The second kappa shape index (κ2) is 10.7. The fraction of sp³-hybridized carbons (Fsp3) is 0.